The average Bonchev–Trinajstić information content (AvgIpc) is 3.00. The molecular formula is C19H14N2O4S. The third kappa shape index (κ3) is 2.68. The SMILES string of the molecule is NC(=O)c1oc2ccccc2c1NS(=O)(=O)c1ccc2ccccc2c1. The zero-order valence-electron chi connectivity index (χ0n) is 13.5. The van der Waals surface area contributed by atoms with Crippen molar-refractivity contribution in [2.24, 2.45) is 5.73 Å². The summed E-state index contributed by atoms with van der Waals surface area (Å²) in [6, 6.07) is 19.0. The molecule has 0 spiro atoms. The fraction of sp³-hybridized carbons (Fsp3) is 0. The number of hydrogen-bond acceptors (Lipinski definition) is 4. The quantitative estimate of drug-likeness (QED) is 0.577. The fourth-order valence-corrected chi connectivity index (χ4v) is 3.97. The van der Waals surface area contributed by atoms with Gasteiger partial charge in [0.15, 0.2) is 0 Å². The highest BCUT2D eigenvalue weighted by atomic mass is 32.2. The topological polar surface area (TPSA) is 102 Å². The minimum Gasteiger partial charge on any atom is -0.449 e. The van der Waals surface area contributed by atoms with Crippen LogP contribution in [0.15, 0.2) is 76.0 Å². The molecule has 3 aromatic carbocycles. The van der Waals surface area contributed by atoms with Crippen LogP contribution in [0, 0.1) is 0 Å². The van der Waals surface area contributed by atoms with Crippen LogP contribution in [0.1, 0.15) is 10.6 Å². The smallest absolute Gasteiger partial charge is 0.286 e. The summed E-state index contributed by atoms with van der Waals surface area (Å²) in [7, 11) is -3.94. The predicted octanol–water partition coefficient (Wildman–Crippen LogP) is 3.49. The summed E-state index contributed by atoms with van der Waals surface area (Å²) in [5.41, 5.74) is 5.76. The Kier molecular flexibility index (Phi) is 3.66. The lowest BCUT2D eigenvalue weighted by atomic mass is 10.1. The molecule has 3 N–H and O–H groups in total. The average molecular weight is 366 g/mol. The number of anilines is 1. The number of amides is 1. The standard InChI is InChI=1S/C19H14N2O4S/c20-19(22)18-17(15-7-3-4-8-16(15)25-18)21-26(23,24)14-10-9-12-5-1-2-6-13(12)11-14/h1-11,21H,(H2,20,22). The molecule has 4 aromatic rings. The van der Waals surface area contributed by atoms with Gasteiger partial charge in [0.2, 0.25) is 5.76 Å². The number of nitrogens with one attached hydrogen (secondary N) is 1. The molecule has 6 nitrogen and oxygen atoms in total. The molecule has 7 heteroatoms. The van der Waals surface area contributed by atoms with Crippen LogP contribution in [-0.2, 0) is 10.0 Å². The van der Waals surface area contributed by atoms with E-state index in [1.165, 1.54) is 6.07 Å². The Morgan fingerprint density at radius 3 is 2.38 bits per heavy atom. The second-order valence-electron chi connectivity index (χ2n) is 5.78. The molecule has 0 fully saturated rings. The van der Waals surface area contributed by atoms with Crippen molar-refractivity contribution in [2.75, 3.05) is 4.72 Å². The van der Waals surface area contributed by atoms with Crippen molar-refractivity contribution >= 4 is 43.4 Å². The number of carbonyl (C=O) groups excluding carboxylic acids is 1. The third-order valence-corrected chi connectivity index (χ3v) is 5.43. The van der Waals surface area contributed by atoms with Crippen LogP contribution in [0.3, 0.4) is 0 Å². The first-order valence-corrected chi connectivity index (χ1v) is 9.27. The van der Waals surface area contributed by atoms with E-state index in [2.05, 4.69) is 4.72 Å². The van der Waals surface area contributed by atoms with Crippen molar-refractivity contribution in [3.63, 3.8) is 0 Å². The molecule has 0 saturated heterocycles. The number of primary amides is 1. The molecular weight excluding hydrogens is 352 g/mol. The lowest BCUT2D eigenvalue weighted by Crippen LogP contribution is -2.17. The normalized spacial score (nSPS) is 11.7. The molecule has 0 unspecified atom stereocenters. The number of hydrogen-bond donors (Lipinski definition) is 2. The van der Waals surface area contributed by atoms with Gasteiger partial charge in [-0.05, 0) is 35.0 Å². The number of para-hydroxylation sites is 1. The van der Waals surface area contributed by atoms with E-state index >= 15 is 0 Å². The monoisotopic (exact) mass is 366 g/mol. The van der Waals surface area contributed by atoms with Gasteiger partial charge in [0.1, 0.15) is 11.3 Å². The summed E-state index contributed by atoms with van der Waals surface area (Å²) in [6.07, 6.45) is 0. The van der Waals surface area contributed by atoms with Gasteiger partial charge in [0, 0.05) is 5.39 Å². The Hall–Kier alpha value is -3.32. The summed E-state index contributed by atoms with van der Waals surface area (Å²) in [4.78, 5) is 11.8. The van der Waals surface area contributed by atoms with E-state index in [0.717, 1.165) is 10.8 Å². The van der Waals surface area contributed by atoms with Crippen molar-refractivity contribution in [3.05, 3.63) is 72.5 Å². The number of fused-ring (bicyclic) bond motifs is 2. The summed E-state index contributed by atoms with van der Waals surface area (Å²) in [5.74, 6) is -1.08. The highest BCUT2D eigenvalue weighted by Crippen LogP contribution is 2.32. The Morgan fingerprint density at radius 1 is 0.923 bits per heavy atom. The van der Waals surface area contributed by atoms with Gasteiger partial charge in [-0.25, -0.2) is 8.42 Å². The van der Waals surface area contributed by atoms with Crippen molar-refractivity contribution in [1.29, 1.82) is 0 Å². The van der Waals surface area contributed by atoms with Gasteiger partial charge in [-0.3, -0.25) is 9.52 Å². The molecule has 0 atom stereocenters. The molecule has 0 bridgehead atoms. The molecule has 1 aromatic heterocycles. The molecule has 4 rings (SSSR count). The Labute approximate surface area is 149 Å². The zero-order chi connectivity index (χ0) is 18.3. The number of furan rings is 1. The summed E-state index contributed by atoms with van der Waals surface area (Å²) < 4.78 is 33.6. The van der Waals surface area contributed by atoms with Crippen LogP contribution >= 0.6 is 0 Å². The van der Waals surface area contributed by atoms with E-state index in [1.54, 1.807) is 36.4 Å². The van der Waals surface area contributed by atoms with Gasteiger partial charge in [-0.1, -0.05) is 42.5 Å². The van der Waals surface area contributed by atoms with E-state index in [0.29, 0.717) is 11.0 Å². The van der Waals surface area contributed by atoms with E-state index in [9.17, 15) is 13.2 Å². The van der Waals surface area contributed by atoms with Crippen LogP contribution in [0.4, 0.5) is 5.69 Å². The summed E-state index contributed by atoms with van der Waals surface area (Å²) >= 11 is 0. The molecule has 0 aliphatic carbocycles. The molecule has 1 amide bonds. The largest absolute Gasteiger partial charge is 0.449 e. The second-order valence-corrected chi connectivity index (χ2v) is 7.46. The highest BCUT2D eigenvalue weighted by molar-refractivity contribution is 7.92. The van der Waals surface area contributed by atoms with Gasteiger partial charge >= 0.3 is 0 Å². The van der Waals surface area contributed by atoms with E-state index in [-0.39, 0.29) is 16.3 Å². The van der Waals surface area contributed by atoms with E-state index in [1.807, 2.05) is 24.3 Å². The van der Waals surface area contributed by atoms with Crippen molar-refractivity contribution < 1.29 is 17.6 Å². The number of benzene rings is 3. The first-order chi connectivity index (χ1) is 12.5. The fourth-order valence-electron chi connectivity index (χ4n) is 2.85. The van der Waals surface area contributed by atoms with Gasteiger partial charge in [0.05, 0.1) is 4.90 Å². The molecule has 26 heavy (non-hydrogen) atoms. The summed E-state index contributed by atoms with van der Waals surface area (Å²) in [6.45, 7) is 0. The zero-order valence-corrected chi connectivity index (χ0v) is 14.3. The van der Waals surface area contributed by atoms with Crippen LogP contribution in [0.25, 0.3) is 21.7 Å². The molecule has 0 aliphatic rings. The number of carbonyl (C=O) groups is 1. The maximum atomic E-state index is 12.9. The van der Waals surface area contributed by atoms with Gasteiger partial charge in [-0.15, -0.1) is 0 Å². The minimum absolute atomic E-state index is 0.0428. The molecule has 0 aliphatic heterocycles. The summed E-state index contributed by atoms with van der Waals surface area (Å²) in [5, 5.41) is 2.19. The van der Waals surface area contributed by atoms with Crippen LogP contribution in [-0.4, -0.2) is 14.3 Å². The van der Waals surface area contributed by atoms with E-state index < -0.39 is 15.9 Å². The van der Waals surface area contributed by atoms with Gasteiger partial charge < -0.3 is 10.2 Å². The molecule has 0 saturated carbocycles. The lowest BCUT2D eigenvalue weighted by molar-refractivity contribution is 0.0977. The lowest BCUT2D eigenvalue weighted by Gasteiger charge is -2.09. The van der Waals surface area contributed by atoms with Crippen molar-refractivity contribution in [2.45, 2.75) is 4.90 Å². The molecule has 1 heterocycles. The Balaban J connectivity index is 1.84. The van der Waals surface area contributed by atoms with Gasteiger partial charge in [-0.2, -0.15) is 0 Å². The number of sulfonamides is 1. The van der Waals surface area contributed by atoms with Crippen molar-refractivity contribution in [3.8, 4) is 0 Å². The third-order valence-electron chi connectivity index (χ3n) is 4.09. The van der Waals surface area contributed by atoms with Crippen LogP contribution < -0.4 is 10.5 Å². The highest BCUT2D eigenvalue weighted by Gasteiger charge is 2.24. The molecule has 0 radical (unpaired) electrons. The maximum Gasteiger partial charge on any atom is 0.286 e. The van der Waals surface area contributed by atoms with Crippen LogP contribution in [0.2, 0.25) is 0 Å². The van der Waals surface area contributed by atoms with Crippen molar-refractivity contribution in [1.82, 2.24) is 0 Å². The number of nitrogens with two attached hydrogens (primary N) is 1. The minimum atomic E-state index is -3.94. The van der Waals surface area contributed by atoms with Crippen LogP contribution in [0.5, 0.6) is 0 Å². The van der Waals surface area contributed by atoms with Gasteiger partial charge in [0.25, 0.3) is 15.9 Å². The van der Waals surface area contributed by atoms with E-state index in [4.69, 9.17) is 10.2 Å². The first-order valence-electron chi connectivity index (χ1n) is 7.79. The Bertz CT molecular complexity index is 1260. The maximum absolute atomic E-state index is 12.9. The molecule has 130 valence electrons. The Morgan fingerprint density at radius 2 is 1.62 bits per heavy atom. The second kappa shape index (κ2) is 5.89. The number of rotatable bonds is 4. The first kappa shape index (κ1) is 16.2. The predicted molar refractivity (Wildman–Crippen MR) is 99.5 cm³/mol.